The summed E-state index contributed by atoms with van der Waals surface area (Å²) in [5, 5.41) is 0. The number of rotatable bonds is 2. The second-order valence-corrected chi connectivity index (χ2v) is 7.83. The summed E-state index contributed by atoms with van der Waals surface area (Å²) in [6.45, 7) is 2.65. The molecule has 2 aromatic rings. The zero-order valence-electron chi connectivity index (χ0n) is 16.6. The molecule has 2 amide bonds. The molecule has 2 atom stereocenters. The molecule has 3 aliphatic rings. The van der Waals surface area contributed by atoms with Crippen LogP contribution in [0.15, 0.2) is 42.5 Å². The van der Waals surface area contributed by atoms with Crippen LogP contribution >= 0.6 is 0 Å². The summed E-state index contributed by atoms with van der Waals surface area (Å²) < 4.78 is 19.4. The summed E-state index contributed by atoms with van der Waals surface area (Å²) in [7, 11) is 0. The van der Waals surface area contributed by atoms with Gasteiger partial charge in [0.25, 0.3) is 0 Å². The van der Waals surface area contributed by atoms with Gasteiger partial charge in [0.1, 0.15) is 16.6 Å². The number of hydrogen-bond donors (Lipinski definition) is 0. The molecule has 1 fully saturated rings. The molecule has 1 aliphatic heterocycles. The Balaban J connectivity index is 1.85. The molecule has 0 bridgehead atoms. The van der Waals surface area contributed by atoms with Crippen LogP contribution in [-0.2, 0) is 24.5 Å². The molecule has 5 rings (SSSR count). The number of nitrogens with zero attached hydrogens (tertiary/aromatic N) is 1. The number of carbonyl (C=O) groups is 5. The van der Waals surface area contributed by atoms with Crippen LogP contribution in [0, 0.1) is 17.2 Å². The van der Waals surface area contributed by atoms with E-state index < -0.39 is 51.9 Å². The number of Topliss-reactive ketones (excluding diaryl/α,β-unsaturated/α-hetero) is 2. The van der Waals surface area contributed by atoms with E-state index in [0.29, 0.717) is 0 Å². The highest BCUT2D eigenvalue weighted by Gasteiger charge is 2.94. The third-order valence-electron chi connectivity index (χ3n) is 6.54. The predicted octanol–water partition coefficient (Wildman–Crippen LogP) is 2.22. The van der Waals surface area contributed by atoms with E-state index in [1.165, 1.54) is 18.2 Å². The number of halogens is 1. The number of anilines is 1. The topological polar surface area (TPSA) is 97.8 Å². The van der Waals surface area contributed by atoms with Crippen molar-refractivity contribution >= 4 is 35.0 Å². The first-order valence-electron chi connectivity index (χ1n) is 9.76. The molecule has 156 valence electrons. The minimum absolute atomic E-state index is 0.0275. The number of fused-ring (bicyclic) bond motifs is 4. The van der Waals surface area contributed by atoms with Crippen molar-refractivity contribution in [2.75, 3.05) is 11.5 Å². The Hall–Kier alpha value is -3.68. The molecule has 2 aromatic carbocycles. The molecule has 0 radical (unpaired) electrons. The van der Waals surface area contributed by atoms with Gasteiger partial charge in [0.05, 0.1) is 18.2 Å². The molecular weight excluding hydrogens is 405 g/mol. The Morgan fingerprint density at radius 1 is 1.03 bits per heavy atom. The fourth-order valence-electron chi connectivity index (χ4n) is 5.47. The van der Waals surface area contributed by atoms with Crippen molar-refractivity contribution in [1.29, 1.82) is 0 Å². The van der Waals surface area contributed by atoms with Crippen LogP contribution < -0.4 is 4.90 Å². The van der Waals surface area contributed by atoms with Crippen molar-refractivity contribution in [3.63, 3.8) is 0 Å². The lowest BCUT2D eigenvalue weighted by atomic mass is 9.83. The number of ketones is 2. The van der Waals surface area contributed by atoms with E-state index >= 15 is 0 Å². The maximum absolute atomic E-state index is 14.3. The van der Waals surface area contributed by atoms with E-state index in [0.717, 1.165) is 24.0 Å². The maximum atomic E-state index is 14.3. The van der Waals surface area contributed by atoms with Gasteiger partial charge in [0, 0.05) is 18.1 Å². The van der Waals surface area contributed by atoms with Gasteiger partial charge in [0.15, 0.2) is 11.6 Å². The summed E-state index contributed by atoms with van der Waals surface area (Å²) in [5.41, 5.74) is -3.93. The number of amides is 2. The van der Waals surface area contributed by atoms with Gasteiger partial charge in [-0.2, -0.15) is 0 Å². The van der Waals surface area contributed by atoms with Crippen LogP contribution in [0.5, 0.6) is 0 Å². The van der Waals surface area contributed by atoms with E-state index in [1.54, 1.807) is 19.1 Å². The van der Waals surface area contributed by atoms with E-state index in [-0.39, 0.29) is 29.0 Å². The smallest absolute Gasteiger partial charge is 0.311 e. The average molecular weight is 421 g/mol. The Bertz CT molecular complexity index is 1220. The molecule has 1 saturated carbocycles. The van der Waals surface area contributed by atoms with Gasteiger partial charge in [-0.3, -0.25) is 24.0 Å². The number of imide groups is 1. The van der Waals surface area contributed by atoms with Gasteiger partial charge in [-0.05, 0) is 30.7 Å². The van der Waals surface area contributed by atoms with Gasteiger partial charge in [-0.25, -0.2) is 9.29 Å². The molecule has 31 heavy (non-hydrogen) atoms. The van der Waals surface area contributed by atoms with Crippen molar-refractivity contribution in [2.45, 2.75) is 19.3 Å². The lowest BCUT2D eigenvalue weighted by Gasteiger charge is -2.15. The van der Waals surface area contributed by atoms with Crippen molar-refractivity contribution in [3.8, 4) is 0 Å². The van der Waals surface area contributed by atoms with Crippen LogP contribution in [0.1, 0.15) is 40.1 Å². The summed E-state index contributed by atoms with van der Waals surface area (Å²) in [6.07, 6.45) is 0. The molecule has 0 N–H and O–H groups in total. The van der Waals surface area contributed by atoms with Gasteiger partial charge in [-0.1, -0.05) is 24.3 Å². The SMILES string of the molecule is CCOC(=O)C1C2(C(=O)c3ccccc3C2=O)C12C(=O)N(C(C)=O)c1ccc(F)cc12. The Morgan fingerprint density at radius 2 is 1.65 bits per heavy atom. The fourth-order valence-corrected chi connectivity index (χ4v) is 5.47. The first-order valence-corrected chi connectivity index (χ1v) is 9.76. The average Bonchev–Trinajstić information content (AvgIpc) is 3.24. The maximum Gasteiger partial charge on any atom is 0.311 e. The monoisotopic (exact) mass is 421 g/mol. The molecule has 1 heterocycles. The zero-order valence-corrected chi connectivity index (χ0v) is 16.6. The molecule has 2 unspecified atom stereocenters. The highest BCUT2D eigenvalue weighted by atomic mass is 19.1. The molecular formula is C23H16FNO6. The highest BCUT2D eigenvalue weighted by Crippen LogP contribution is 2.77. The van der Waals surface area contributed by atoms with Crippen molar-refractivity contribution < 1.29 is 33.1 Å². The van der Waals surface area contributed by atoms with Gasteiger partial charge < -0.3 is 4.74 Å². The van der Waals surface area contributed by atoms with Crippen LogP contribution in [0.4, 0.5) is 10.1 Å². The Morgan fingerprint density at radius 3 is 2.19 bits per heavy atom. The van der Waals surface area contributed by atoms with Crippen LogP contribution in [0.3, 0.4) is 0 Å². The summed E-state index contributed by atoms with van der Waals surface area (Å²) in [4.78, 5) is 67.1. The summed E-state index contributed by atoms with van der Waals surface area (Å²) >= 11 is 0. The number of hydrogen-bond acceptors (Lipinski definition) is 6. The number of benzene rings is 2. The third kappa shape index (κ3) is 1.91. The Labute approximate surface area is 175 Å². The normalized spacial score (nSPS) is 24.5. The lowest BCUT2D eigenvalue weighted by Crippen LogP contribution is -2.40. The predicted molar refractivity (Wildman–Crippen MR) is 104 cm³/mol. The zero-order chi connectivity index (χ0) is 22.3. The largest absolute Gasteiger partial charge is 0.466 e. The molecule has 0 aromatic heterocycles. The lowest BCUT2D eigenvalue weighted by molar-refractivity contribution is -0.146. The van der Waals surface area contributed by atoms with Crippen LogP contribution in [0.25, 0.3) is 0 Å². The molecule has 7 nitrogen and oxygen atoms in total. The quantitative estimate of drug-likeness (QED) is 0.545. The van der Waals surface area contributed by atoms with Crippen molar-refractivity contribution in [2.24, 2.45) is 11.3 Å². The fraction of sp³-hybridized carbons (Fsp3) is 0.261. The number of carbonyl (C=O) groups excluding carboxylic acids is 5. The minimum atomic E-state index is -2.10. The summed E-state index contributed by atoms with van der Waals surface area (Å²) in [6, 6.07) is 9.38. The number of esters is 1. The van der Waals surface area contributed by atoms with Crippen molar-refractivity contribution in [3.05, 3.63) is 65.0 Å². The van der Waals surface area contributed by atoms with E-state index in [2.05, 4.69) is 0 Å². The second-order valence-electron chi connectivity index (χ2n) is 7.83. The van der Waals surface area contributed by atoms with Gasteiger partial charge in [-0.15, -0.1) is 0 Å². The van der Waals surface area contributed by atoms with E-state index in [1.807, 2.05) is 0 Å². The van der Waals surface area contributed by atoms with Crippen LogP contribution in [-0.4, -0.2) is 36.0 Å². The van der Waals surface area contributed by atoms with E-state index in [9.17, 15) is 28.4 Å². The molecule has 2 spiro atoms. The van der Waals surface area contributed by atoms with Gasteiger partial charge in [0.2, 0.25) is 11.8 Å². The highest BCUT2D eigenvalue weighted by molar-refractivity contribution is 6.41. The summed E-state index contributed by atoms with van der Waals surface area (Å²) in [5.74, 6) is -6.09. The molecule has 0 saturated heterocycles. The first kappa shape index (κ1) is 19.3. The van der Waals surface area contributed by atoms with Crippen molar-refractivity contribution in [1.82, 2.24) is 0 Å². The first-order chi connectivity index (χ1) is 14.8. The minimum Gasteiger partial charge on any atom is -0.466 e. The molecule has 2 aliphatic carbocycles. The second kappa shape index (κ2) is 5.94. The number of ether oxygens (including phenoxy) is 1. The van der Waals surface area contributed by atoms with Crippen LogP contribution in [0.2, 0.25) is 0 Å². The van der Waals surface area contributed by atoms with E-state index in [4.69, 9.17) is 4.74 Å². The third-order valence-corrected chi connectivity index (χ3v) is 6.54. The molecule has 8 heteroatoms. The van der Waals surface area contributed by atoms with Gasteiger partial charge >= 0.3 is 5.97 Å². The standard InChI is InChI=1S/C23H16FNO6/c1-3-31-20(29)17-22(23(17)18(27)13-6-4-5-7-14(13)19(23)28)15-10-12(24)8-9-16(15)25(11(2)26)21(22)30/h4-10,17H,3H2,1-2H3. The Kier molecular flexibility index (Phi) is 3.69.